The van der Waals surface area contributed by atoms with E-state index in [1.165, 1.54) is 5.56 Å². The Morgan fingerprint density at radius 3 is 2.32 bits per heavy atom. The van der Waals surface area contributed by atoms with Crippen molar-refractivity contribution in [2.24, 2.45) is 5.92 Å². The van der Waals surface area contributed by atoms with E-state index in [4.69, 9.17) is 4.74 Å². The fraction of sp³-hybridized carbons (Fsp3) is 0.438. The van der Waals surface area contributed by atoms with E-state index < -0.39 is 8.07 Å². The molecule has 2 atom stereocenters. The summed E-state index contributed by atoms with van der Waals surface area (Å²) < 4.78 is 5.27. The Morgan fingerprint density at radius 2 is 1.84 bits per heavy atom. The molecule has 0 N–H and O–H groups in total. The molecule has 2 nitrogen and oxygen atoms in total. The molecule has 0 fully saturated rings. The minimum Gasteiger partial charge on any atom is -0.501 e. The summed E-state index contributed by atoms with van der Waals surface area (Å²) in [6, 6.07) is 10.5. The van der Waals surface area contributed by atoms with Crippen molar-refractivity contribution in [3.8, 4) is 0 Å². The van der Waals surface area contributed by atoms with E-state index in [1.54, 1.807) is 13.2 Å². The molecule has 0 heterocycles. The monoisotopic (exact) mass is 274 g/mol. The largest absolute Gasteiger partial charge is 0.501 e. The third-order valence-corrected chi connectivity index (χ3v) is 6.45. The zero-order chi connectivity index (χ0) is 14.0. The zero-order valence-corrected chi connectivity index (χ0v) is 13.1. The van der Waals surface area contributed by atoms with Crippen LogP contribution in [0.5, 0.6) is 0 Å². The molecule has 1 aromatic carbocycles. The van der Waals surface area contributed by atoms with Crippen LogP contribution in [0.1, 0.15) is 17.5 Å². The highest BCUT2D eigenvalue weighted by Gasteiger charge is 2.41. The molecule has 0 saturated carbocycles. The second-order valence-corrected chi connectivity index (χ2v) is 11.6. The molecule has 0 radical (unpaired) electrons. The van der Waals surface area contributed by atoms with Gasteiger partial charge in [0.15, 0.2) is 5.78 Å². The Hall–Kier alpha value is -1.35. The topological polar surface area (TPSA) is 26.3 Å². The van der Waals surface area contributed by atoms with E-state index >= 15 is 0 Å². The second-order valence-electron chi connectivity index (χ2n) is 6.28. The van der Waals surface area contributed by atoms with Crippen LogP contribution in [0, 0.1) is 5.92 Å². The van der Waals surface area contributed by atoms with Crippen molar-refractivity contribution in [3.63, 3.8) is 0 Å². The molecule has 0 aromatic heterocycles. The molecule has 0 spiro atoms. The van der Waals surface area contributed by atoms with Crippen LogP contribution in [-0.4, -0.2) is 21.0 Å². The van der Waals surface area contributed by atoms with Crippen LogP contribution in [-0.2, 0) is 9.53 Å². The molecule has 1 aliphatic rings. The van der Waals surface area contributed by atoms with E-state index in [-0.39, 0.29) is 11.7 Å². The van der Waals surface area contributed by atoms with Crippen molar-refractivity contribution in [1.82, 2.24) is 0 Å². The van der Waals surface area contributed by atoms with Crippen molar-refractivity contribution in [2.75, 3.05) is 7.11 Å². The van der Waals surface area contributed by atoms with Gasteiger partial charge in [-0.3, -0.25) is 4.79 Å². The Balaban J connectivity index is 2.34. The predicted molar refractivity (Wildman–Crippen MR) is 80.7 cm³/mol. The minimum absolute atomic E-state index is 0.0593. The third-order valence-electron chi connectivity index (χ3n) is 3.85. The van der Waals surface area contributed by atoms with E-state index in [9.17, 15) is 4.79 Å². The average molecular weight is 274 g/mol. The van der Waals surface area contributed by atoms with Gasteiger partial charge in [-0.15, -0.1) is 0 Å². The molecule has 0 saturated heterocycles. The van der Waals surface area contributed by atoms with Crippen molar-refractivity contribution < 1.29 is 9.53 Å². The van der Waals surface area contributed by atoms with Gasteiger partial charge in [-0.05, 0) is 11.1 Å². The van der Waals surface area contributed by atoms with E-state index in [0.717, 1.165) is 12.2 Å². The number of hydrogen-bond acceptors (Lipinski definition) is 2. The van der Waals surface area contributed by atoms with Crippen LogP contribution in [0.2, 0.25) is 19.6 Å². The van der Waals surface area contributed by atoms with Gasteiger partial charge in [0.05, 0.1) is 20.9 Å². The van der Waals surface area contributed by atoms with Gasteiger partial charge in [0.25, 0.3) is 0 Å². The molecule has 3 heteroatoms. The van der Waals surface area contributed by atoms with Crippen LogP contribution in [0.25, 0.3) is 0 Å². The number of hydrogen-bond donors (Lipinski definition) is 0. The number of rotatable bonds is 4. The Kier molecular flexibility index (Phi) is 3.95. The standard InChI is InChI=1S/C16H22O2Si/c1-18-13-10-14(15(17)11-13)16(19(2,3)4)12-8-6-5-7-9-12/h5-9,11,14,16H,10H2,1-4H3. The van der Waals surface area contributed by atoms with Gasteiger partial charge in [-0.25, -0.2) is 0 Å². The second kappa shape index (κ2) is 5.33. The summed E-state index contributed by atoms with van der Waals surface area (Å²) >= 11 is 0. The number of methoxy groups -OCH3 is 1. The van der Waals surface area contributed by atoms with E-state index in [0.29, 0.717) is 5.54 Å². The highest BCUT2D eigenvalue weighted by molar-refractivity contribution is 6.77. The van der Waals surface area contributed by atoms with Crippen LogP contribution >= 0.6 is 0 Å². The molecular formula is C16H22O2Si. The van der Waals surface area contributed by atoms with Gasteiger partial charge in [0, 0.05) is 18.4 Å². The molecule has 19 heavy (non-hydrogen) atoms. The Bertz CT molecular complexity index is 485. The quantitative estimate of drug-likeness (QED) is 0.781. The summed E-state index contributed by atoms with van der Waals surface area (Å²) in [5.41, 5.74) is 1.65. The number of carbonyl (C=O) groups is 1. The molecule has 0 aliphatic heterocycles. The van der Waals surface area contributed by atoms with Gasteiger partial charge in [-0.1, -0.05) is 50.0 Å². The maximum Gasteiger partial charge on any atom is 0.162 e. The average Bonchev–Trinajstić information content (AvgIpc) is 2.71. The van der Waals surface area contributed by atoms with Gasteiger partial charge >= 0.3 is 0 Å². The van der Waals surface area contributed by atoms with Crippen LogP contribution in [0.15, 0.2) is 42.2 Å². The lowest BCUT2D eigenvalue weighted by Crippen LogP contribution is -2.38. The van der Waals surface area contributed by atoms with Crippen molar-refractivity contribution in [1.29, 1.82) is 0 Å². The van der Waals surface area contributed by atoms with Gasteiger partial charge in [0.1, 0.15) is 0 Å². The zero-order valence-electron chi connectivity index (χ0n) is 12.1. The fourth-order valence-electron chi connectivity index (χ4n) is 3.06. The first kappa shape index (κ1) is 14.1. The molecule has 0 bridgehead atoms. The molecule has 1 aliphatic carbocycles. The summed E-state index contributed by atoms with van der Waals surface area (Å²) in [4.78, 5) is 12.3. The number of ketones is 1. The predicted octanol–water partition coefficient (Wildman–Crippen LogP) is 3.77. The Morgan fingerprint density at radius 1 is 1.21 bits per heavy atom. The normalized spacial score (nSPS) is 21.2. The maximum absolute atomic E-state index is 12.3. The van der Waals surface area contributed by atoms with Crippen LogP contribution in [0.3, 0.4) is 0 Å². The van der Waals surface area contributed by atoms with Crippen molar-refractivity contribution in [3.05, 3.63) is 47.7 Å². The van der Waals surface area contributed by atoms with Crippen LogP contribution in [0.4, 0.5) is 0 Å². The number of benzene rings is 1. The number of allylic oxidation sites excluding steroid dienone is 2. The lowest BCUT2D eigenvalue weighted by atomic mass is 9.95. The first-order chi connectivity index (χ1) is 8.93. The summed E-state index contributed by atoms with van der Waals surface area (Å²) in [6.07, 6.45) is 2.43. The Labute approximate surface area is 116 Å². The lowest BCUT2D eigenvalue weighted by molar-refractivity contribution is -0.117. The highest BCUT2D eigenvalue weighted by Crippen LogP contribution is 2.40. The third kappa shape index (κ3) is 2.98. The molecule has 0 amide bonds. The molecule has 1 aromatic rings. The molecule has 2 unspecified atom stereocenters. The number of ether oxygens (including phenoxy) is 1. The summed E-state index contributed by atoms with van der Waals surface area (Å²) in [5, 5.41) is 0. The molecule has 102 valence electrons. The van der Waals surface area contributed by atoms with Gasteiger partial charge < -0.3 is 4.74 Å². The molecule has 2 rings (SSSR count). The fourth-order valence-corrected chi connectivity index (χ4v) is 5.74. The number of carbonyl (C=O) groups excluding carboxylic acids is 1. The summed E-state index contributed by atoms with van der Waals surface area (Å²) in [7, 11) is 0.160. The lowest BCUT2D eigenvalue weighted by Gasteiger charge is -2.33. The summed E-state index contributed by atoms with van der Waals surface area (Å²) in [6.45, 7) is 7.01. The van der Waals surface area contributed by atoms with Crippen molar-refractivity contribution >= 4 is 13.9 Å². The van der Waals surface area contributed by atoms with E-state index in [2.05, 4.69) is 43.9 Å². The SMILES string of the molecule is COC1=CC(=O)C(C(c2ccccc2)[Si](C)(C)C)C1. The van der Waals surface area contributed by atoms with Gasteiger partial charge in [-0.2, -0.15) is 0 Å². The van der Waals surface area contributed by atoms with Crippen LogP contribution < -0.4 is 0 Å². The van der Waals surface area contributed by atoms with E-state index in [1.807, 2.05) is 6.07 Å². The van der Waals surface area contributed by atoms with Gasteiger partial charge in [0.2, 0.25) is 0 Å². The first-order valence-electron chi connectivity index (χ1n) is 6.77. The highest BCUT2D eigenvalue weighted by atomic mass is 28.3. The first-order valence-corrected chi connectivity index (χ1v) is 10.3. The minimum atomic E-state index is -1.49. The summed E-state index contributed by atoms with van der Waals surface area (Å²) in [5.74, 6) is 1.12. The van der Waals surface area contributed by atoms with Crippen molar-refractivity contribution in [2.45, 2.75) is 31.6 Å². The smallest absolute Gasteiger partial charge is 0.162 e. The molecular weight excluding hydrogens is 252 g/mol. The maximum atomic E-state index is 12.3.